The average Bonchev–Trinajstić information content (AvgIpc) is 3.19. The van der Waals surface area contributed by atoms with E-state index in [1.807, 2.05) is 13.0 Å². The standard InChI is InChI=1S/C20H20F2N6O2/c1-13-3-5-15(23-11-13)18-25-17(19(29)27-9-7-20(21,22)8-10-27)26-28(18)14-4-6-16(30-2)24-12-14/h3-6,11-12H,7-10H2,1-2H3. The van der Waals surface area contributed by atoms with E-state index < -0.39 is 11.8 Å². The number of halogens is 2. The minimum absolute atomic E-state index is 0.0391. The highest BCUT2D eigenvalue weighted by Crippen LogP contribution is 2.28. The molecule has 3 aromatic heterocycles. The van der Waals surface area contributed by atoms with Gasteiger partial charge in [-0.05, 0) is 24.6 Å². The van der Waals surface area contributed by atoms with E-state index in [1.165, 1.54) is 16.7 Å². The fourth-order valence-electron chi connectivity index (χ4n) is 3.15. The summed E-state index contributed by atoms with van der Waals surface area (Å²) in [6, 6.07) is 7.05. The zero-order valence-electron chi connectivity index (χ0n) is 16.5. The van der Waals surface area contributed by atoms with E-state index in [9.17, 15) is 13.6 Å². The van der Waals surface area contributed by atoms with Crippen LogP contribution in [0.5, 0.6) is 5.88 Å². The highest BCUT2D eigenvalue weighted by Gasteiger charge is 2.37. The van der Waals surface area contributed by atoms with Crippen LogP contribution >= 0.6 is 0 Å². The van der Waals surface area contributed by atoms with Crippen molar-refractivity contribution in [2.45, 2.75) is 25.7 Å². The Morgan fingerprint density at radius 3 is 2.47 bits per heavy atom. The lowest BCUT2D eigenvalue weighted by Crippen LogP contribution is -2.43. The molecule has 0 bridgehead atoms. The number of hydrogen-bond acceptors (Lipinski definition) is 6. The van der Waals surface area contributed by atoms with E-state index in [4.69, 9.17) is 4.74 Å². The predicted octanol–water partition coefficient (Wildman–Crippen LogP) is 2.91. The van der Waals surface area contributed by atoms with Gasteiger partial charge in [-0.2, -0.15) is 0 Å². The van der Waals surface area contributed by atoms with Crippen LogP contribution in [-0.2, 0) is 0 Å². The topological polar surface area (TPSA) is 86.0 Å². The lowest BCUT2D eigenvalue weighted by Gasteiger charge is -2.30. The average molecular weight is 414 g/mol. The summed E-state index contributed by atoms with van der Waals surface area (Å²) in [5, 5.41) is 4.35. The Morgan fingerprint density at radius 1 is 1.10 bits per heavy atom. The van der Waals surface area contributed by atoms with Gasteiger partial charge in [0, 0.05) is 38.2 Å². The molecular weight excluding hydrogens is 394 g/mol. The maximum absolute atomic E-state index is 13.5. The summed E-state index contributed by atoms with van der Waals surface area (Å²) in [6.07, 6.45) is 2.50. The Hall–Kier alpha value is -3.43. The molecule has 1 saturated heterocycles. The van der Waals surface area contributed by atoms with Crippen molar-refractivity contribution >= 4 is 5.91 Å². The van der Waals surface area contributed by atoms with Crippen molar-refractivity contribution in [2.75, 3.05) is 20.2 Å². The number of nitrogens with zero attached hydrogens (tertiary/aromatic N) is 6. The van der Waals surface area contributed by atoms with Gasteiger partial charge < -0.3 is 9.64 Å². The second-order valence-corrected chi connectivity index (χ2v) is 7.10. The largest absolute Gasteiger partial charge is 0.481 e. The van der Waals surface area contributed by atoms with E-state index in [1.54, 1.807) is 30.6 Å². The number of aryl methyl sites for hydroxylation is 1. The summed E-state index contributed by atoms with van der Waals surface area (Å²) in [6.45, 7) is 1.83. The lowest BCUT2D eigenvalue weighted by atomic mass is 10.1. The van der Waals surface area contributed by atoms with Crippen LogP contribution in [0.4, 0.5) is 8.78 Å². The molecule has 0 atom stereocenters. The predicted molar refractivity (Wildman–Crippen MR) is 104 cm³/mol. The molecule has 0 aliphatic carbocycles. The van der Waals surface area contributed by atoms with Gasteiger partial charge in [0.2, 0.25) is 11.7 Å². The number of alkyl halides is 2. The summed E-state index contributed by atoms with van der Waals surface area (Å²) >= 11 is 0. The van der Waals surface area contributed by atoms with E-state index in [2.05, 4.69) is 20.1 Å². The number of pyridine rings is 2. The molecule has 0 N–H and O–H groups in total. The number of ether oxygens (including phenoxy) is 1. The van der Waals surface area contributed by atoms with Gasteiger partial charge in [-0.1, -0.05) is 6.07 Å². The Bertz CT molecular complexity index is 1040. The molecule has 0 saturated carbocycles. The maximum atomic E-state index is 13.5. The van der Waals surface area contributed by atoms with Crippen molar-refractivity contribution in [1.29, 1.82) is 0 Å². The summed E-state index contributed by atoms with van der Waals surface area (Å²) in [7, 11) is 1.51. The molecule has 156 valence electrons. The van der Waals surface area contributed by atoms with Crippen LogP contribution in [0.15, 0.2) is 36.7 Å². The normalized spacial score (nSPS) is 15.8. The van der Waals surface area contributed by atoms with Gasteiger partial charge in [-0.3, -0.25) is 9.78 Å². The van der Waals surface area contributed by atoms with Crippen molar-refractivity contribution < 1.29 is 18.3 Å². The summed E-state index contributed by atoms with van der Waals surface area (Å²) < 4.78 is 33.5. The summed E-state index contributed by atoms with van der Waals surface area (Å²) in [4.78, 5) is 27.2. The van der Waals surface area contributed by atoms with Gasteiger partial charge >= 0.3 is 0 Å². The molecule has 10 heteroatoms. The molecule has 1 fully saturated rings. The fraction of sp³-hybridized carbons (Fsp3) is 0.350. The molecule has 0 unspecified atom stereocenters. The number of amides is 1. The third kappa shape index (κ3) is 3.98. The number of carbonyl (C=O) groups excluding carboxylic acids is 1. The Labute approximate surface area is 171 Å². The Balaban J connectivity index is 1.71. The molecule has 1 amide bonds. The van der Waals surface area contributed by atoms with Gasteiger partial charge in [0.1, 0.15) is 5.69 Å². The third-order valence-corrected chi connectivity index (χ3v) is 4.90. The zero-order valence-corrected chi connectivity index (χ0v) is 16.5. The number of methoxy groups -OCH3 is 1. The molecule has 0 aromatic carbocycles. The number of piperidine rings is 1. The fourth-order valence-corrected chi connectivity index (χ4v) is 3.15. The molecule has 3 aromatic rings. The maximum Gasteiger partial charge on any atom is 0.293 e. The smallest absolute Gasteiger partial charge is 0.293 e. The van der Waals surface area contributed by atoms with Crippen LogP contribution in [0.2, 0.25) is 0 Å². The van der Waals surface area contributed by atoms with Crippen LogP contribution in [0.1, 0.15) is 29.0 Å². The number of carbonyl (C=O) groups is 1. The summed E-state index contributed by atoms with van der Waals surface area (Å²) in [5.74, 6) is -2.52. The minimum Gasteiger partial charge on any atom is -0.481 e. The van der Waals surface area contributed by atoms with E-state index >= 15 is 0 Å². The van der Waals surface area contributed by atoms with Crippen molar-refractivity contribution in [3.05, 3.63) is 48.0 Å². The number of aromatic nitrogens is 5. The first-order chi connectivity index (χ1) is 14.4. The number of rotatable bonds is 4. The first-order valence-corrected chi connectivity index (χ1v) is 9.44. The first-order valence-electron chi connectivity index (χ1n) is 9.44. The van der Waals surface area contributed by atoms with Crippen molar-refractivity contribution in [1.82, 2.24) is 29.6 Å². The van der Waals surface area contributed by atoms with Crippen LogP contribution in [0.3, 0.4) is 0 Å². The SMILES string of the molecule is COc1ccc(-n2nc(C(=O)N3CCC(F)(F)CC3)nc2-c2ccc(C)cn2)cn1. The van der Waals surface area contributed by atoms with Gasteiger partial charge in [0.05, 0.1) is 19.0 Å². The molecular formula is C20H20F2N6O2. The molecule has 8 nitrogen and oxygen atoms in total. The molecule has 4 heterocycles. The van der Waals surface area contributed by atoms with Crippen molar-refractivity contribution in [3.8, 4) is 23.1 Å². The molecule has 0 spiro atoms. The van der Waals surface area contributed by atoms with Crippen LogP contribution in [0, 0.1) is 6.92 Å². The van der Waals surface area contributed by atoms with E-state index in [0.717, 1.165) is 5.56 Å². The number of hydrogen-bond donors (Lipinski definition) is 0. The van der Waals surface area contributed by atoms with Crippen LogP contribution in [0.25, 0.3) is 17.2 Å². The molecule has 1 aliphatic heterocycles. The highest BCUT2D eigenvalue weighted by atomic mass is 19.3. The third-order valence-electron chi connectivity index (χ3n) is 4.90. The summed E-state index contributed by atoms with van der Waals surface area (Å²) in [5.41, 5.74) is 2.06. The first kappa shape index (κ1) is 19.9. The van der Waals surface area contributed by atoms with Crippen molar-refractivity contribution in [3.63, 3.8) is 0 Å². The molecule has 30 heavy (non-hydrogen) atoms. The van der Waals surface area contributed by atoms with Crippen molar-refractivity contribution in [2.24, 2.45) is 0 Å². The second kappa shape index (κ2) is 7.77. The Morgan fingerprint density at radius 2 is 1.87 bits per heavy atom. The minimum atomic E-state index is -2.74. The van der Waals surface area contributed by atoms with Crippen LogP contribution in [-0.4, -0.2) is 61.7 Å². The van der Waals surface area contributed by atoms with E-state index in [0.29, 0.717) is 23.1 Å². The van der Waals surface area contributed by atoms with Gasteiger partial charge in [-0.15, -0.1) is 5.10 Å². The molecule has 0 radical (unpaired) electrons. The zero-order chi connectivity index (χ0) is 21.3. The molecule has 1 aliphatic rings. The quantitative estimate of drug-likeness (QED) is 0.653. The highest BCUT2D eigenvalue weighted by molar-refractivity contribution is 5.91. The van der Waals surface area contributed by atoms with Gasteiger partial charge in [-0.25, -0.2) is 23.4 Å². The van der Waals surface area contributed by atoms with Gasteiger partial charge in [0.15, 0.2) is 5.82 Å². The molecule has 4 rings (SSSR count). The van der Waals surface area contributed by atoms with Gasteiger partial charge in [0.25, 0.3) is 11.8 Å². The second-order valence-electron chi connectivity index (χ2n) is 7.10. The lowest BCUT2D eigenvalue weighted by molar-refractivity contribution is -0.0496. The Kier molecular flexibility index (Phi) is 5.15. The van der Waals surface area contributed by atoms with Crippen LogP contribution < -0.4 is 4.74 Å². The monoisotopic (exact) mass is 414 g/mol. The number of likely N-dealkylation sites (tertiary alicyclic amines) is 1. The van der Waals surface area contributed by atoms with E-state index in [-0.39, 0.29) is 31.8 Å².